The molecule has 0 aromatic carbocycles. The summed E-state index contributed by atoms with van der Waals surface area (Å²) >= 11 is 0. The molecule has 0 saturated heterocycles. The maximum Gasteiger partial charge on any atom is 0.236 e. The van der Waals surface area contributed by atoms with Crippen molar-refractivity contribution in [3.8, 4) is 0 Å². The van der Waals surface area contributed by atoms with Gasteiger partial charge in [0.25, 0.3) is 0 Å². The zero-order valence-corrected chi connectivity index (χ0v) is 12.7. The highest BCUT2D eigenvalue weighted by atomic mass is 32.2. The van der Waals surface area contributed by atoms with Crippen molar-refractivity contribution in [2.75, 3.05) is 18.6 Å². The molecule has 1 saturated carbocycles. The fourth-order valence-corrected chi connectivity index (χ4v) is 3.28. The number of rotatable bonds is 6. The van der Waals surface area contributed by atoms with Gasteiger partial charge in [0.15, 0.2) is 0 Å². The third-order valence-electron chi connectivity index (χ3n) is 3.75. The number of nitrogens with one attached hydrogen (secondary N) is 1. The van der Waals surface area contributed by atoms with Gasteiger partial charge in [-0.3, -0.25) is 4.79 Å². The predicted octanol–water partition coefficient (Wildman–Crippen LogP) is 0.691. The molecule has 1 fully saturated rings. The zero-order valence-electron chi connectivity index (χ0n) is 11.9. The largest absolute Gasteiger partial charge is 0.354 e. The summed E-state index contributed by atoms with van der Waals surface area (Å²) in [6.07, 6.45) is 6.15. The van der Waals surface area contributed by atoms with Gasteiger partial charge >= 0.3 is 0 Å². The fourth-order valence-electron chi connectivity index (χ4n) is 2.59. The van der Waals surface area contributed by atoms with Gasteiger partial charge in [-0.1, -0.05) is 19.8 Å². The first kappa shape index (κ1) is 16.4. The topological polar surface area (TPSA) is 89.3 Å². The van der Waals surface area contributed by atoms with Gasteiger partial charge in [0.05, 0.1) is 11.8 Å². The molecule has 1 aliphatic carbocycles. The molecule has 3 unspecified atom stereocenters. The van der Waals surface area contributed by atoms with Crippen molar-refractivity contribution in [3.63, 3.8) is 0 Å². The van der Waals surface area contributed by atoms with Gasteiger partial charge in [0.1, 0.15) is 9.84 Å². The molecule has 1 aliphatic rings. The van der Waals surface area contributed by atoms with E-state index in [0.29, 0.717) is 12.5 Å². The maximum atomic E-state index is 11.8. The van der Waals surface area contributed by atoms with E-state index in [-0.39, 0.29) is 18.1 Å². The van der Waals surface area contributed by atoms with Gasteiger partial charge in [0, 0.05) is 12.8 Å². The number of amides is 1. The maximum absolute atomic E-state index is 11.8. The van der Waals surface area contributed by atoms with E-state index in [9.17, 15) is 13.2 Å². The van der Waals surface area contributed by atoms with Crippen molar-refractivity contribution in [1.29, 1.82) is 0 Å². The van der Waals surface area contributed by atoms with Crippen LogP contribution in [0, 0.1) is 11.8 Å². The van der Waals surface area contributed by atoms with Gasteiger partial charge in [-0.15, -0.1) is 0 Å². The average Bonchev–Trinajstić information content (AvgIpc) is 2.32. The van der Waals surface area contributed by atoms with Gasteiger partial charge in [-0.25, -0.2) is 8.42 Å². The summed E-state index contributed by atoms with van der Waals surface area (Å²) in [7, 11) is -3.06. The lowest BCUT2D eigenvalue weighted by Gasteiger charge is -2.27. The van der Waals surface area contributed by atoms with E-state index in [0.717, 1.165) is 25.0 Å². The molecule has 0 aliphatic heterocycles. The highest BCUT2D eigenvalue weighted by Crippen LogP contribution is 2.27. The van der Waals surface area contributed by atoms with E-state index in [4.69, 9.17) is 5.73 Å². The Morgan fingerprint density at radius 3 is 2.68 bits per heavy atom. The number of carbonyl (C=O) groups excluding carboxylic acids is 1. The molecule has 3 atom stereocenters. The zero-order chi connectivity index (χ0) is 14.5. The number of sulfone groups is 1. The molecule has 0 aromatic rings. The van der Waals surface area contributed by atoms with Crippen LogP contribution in [-0.2, 0) is 14.6 Å². The first-order valence-electron chi connectivity index (χ1n) is 6.99. The van der Waals surface area contributed by atoms with Gasteiger partial charge in [-0.2, -0.15) is 0 Å². The van der Waals surface area contributed by atoms with Crippen LogP contribution in [0.5, 0.6) is 0 Å². The second-order valence-corrected chi connectivity index (χ2v) is 8.17. The van der Waals surface area contributed by atoms with Gasteiger partial charge < -0.3 is 11.1 Å². The van der Waals surface area contributed by atoms with Crippen molar-refractivity contribution in [3.05, 3.63) is 0 Å². The molecular weight excluding hydrogens is 264 g/mol. The number of hydrogen-bond donors (Lipinski definition) is 2. The monoisotopic (exact) mass is 290 g/mol. The van der Waals surface area contributed by atoms with Crippen molar-refractivity contribution in [2.24, 2.45) is 17.6 Å². The van der Waals surface area contributed by atoms with Crippen LogP contribution in [0.4, 0.5) is 0 Å². The minimum absolute atomic E-state index is 0.0396. The molecule has 5 nitrogen and oxygen atoms in total. The van der Waals surface area contributed by atoms with Crippen molar-refractivity contribution in [1.82, 2.24) is 5.32 Å². The van der Waals surface area contributed by atoms with E-state index in [1.165, 1.54) is 12.8 Å². The van der Waals surface area contributed by atoms with Crippen LogP contribution >= 0.6 is 0 Å². The molecule has 19 heavy (non-hydrogen) atoms. The molecule has 0 radical (unpaired) electrons. The number of hydrogen-bond acceptors (Lipinski definition) is 4. The third kappa shape index (κ3) is 6.92. The molecule has 0 heterocycles. The molecule has 1 rings (SSSR count). The van der Waals surface area contributed by atoms with Crippen LogP contribution in [0.1, 0.15) is 39.0 Å². The SMILES string of the molecule is CC1CCCC(CNC(=O)C(N)CCS(C)(=O)=O)C1. The molecule has 3 N–H and O–H groups in total. The number of carbonyl (C=O) groups is 1. The van der Waals surface area contributed by atoms with Crippen LogP contribution in [0.15, 0.2) is 0 Å². The fraction of sp³-hybridized carbons (Fsp3) is 0.923. The van der Waals surface area contributed by atoms with E-state index >= 15 is 0 Å². The molecule has 0 bridgehead atoms. The lowest BCUT2D eigenvalue weighted by Crippen LogP contribution is -2.43. The van der Waals surface area contributed by atoms with E-state index in [2.05, 4.69) is 12.2 Å². The highest BCUT2D eigenvalue weighted by molar-refractivity contribution is 7.90. The summed E-state index contributed by atoms with van der Waals surface area (Å²) in [6.45, 7) is 2.90. The minimum atomic E-state index is -3.06. The Morgan fingerprint density at radius 2 is 2.11 bits per heavy atom. The second kappa shape index (κ2) is 7.24. The number of nitrogens with two attached hydrogens (primary N) is 1. The summed E-state index contributed by atoms with van der Waals surface area (Å²) in [6, 6.07) is -0.726. The Balaban J connectivity index is 2.26. The Morgan fingerprint density at radius 1 is 1.42 bits per heavy atom. The third-order valence-corrected chi connectivity index (χ3v) is 4.72. The molecule has 112 valence electrons. The predicted molar refractivity (Wildman–Crippen MR) is 76.4 cm³/mol. The van der Waals surface area contributed by atoms with Crippen LogP contribution in [0.2, 0.25) is 0 Å². The van der Waals surface area contributed by atoms with Crippen LogP contribution in [0.3, 0.4) is 0 Å². The molecule has 1 amide bonds. The van der Waals surface area contributed by atoms with Crippen molar-refractivity contribution >= 4 is 15.7 Å². The van der Waals surface area contributed by atoms with E-state index < -0.39 is 15.9 Å². The Hall–Kier alpha value is -0.620. The molecule has 0 aromatic heterocycles. The van der Waals surface area contributed by atoms with Crippen molar-refractivity contribution in [2.45, 2.75) is 45.1 Å². The second-order valence-electron chi connectivity index (χ2n) is 5.91. The van der Waals surface area contributed by atoms with E-state index in [1.807, 2.05) is 0 Å². The summed E-state index contributed by atoms with van der Waals surface area (Å²) in [5.41, 5.74) is 5.69. The summed E-state index contributed by atoms with van der Waals surface area (Å²) in [5, 5.41) is 2.85. The summed E-state index contributed by atoms with van der Waals surface area (Å²) in [4.78, 5) is 11.8. The first-order chi connectivity index (χ1) is 8.78. The van der Waals surface area contributed by atoms with Crippen LogP contribution < -0.4 is 11.1 Å². The Labute approximate surface area is 116 Å². The first-order valence-corrected chi connectivity index (χ1v) is 9.05. The quantitative estimate of drug-likeness (QED) is 0.753. The Kier molecular flexibility index (Phi) is 6.26. The lowest BCUT2D eigenvalue weighted by atomic mass is 9.82. The highest BCUT2D eigenvalue weighted by Gasteiger charge is 2.21. The summed E-state index contributed by atoms with van der Waals surface area (Å²) in [5.74, 6) is 0.994. The minimum Gasteiger partial charge on any atom is -0.354 e. The van der Waals surface area contributed by atoms with Gasteiger partial charge in [0.2, 0.25) is 5.91 Å². The van der Waals surface area contributed by atoms with Gasteiger partial charge in [-0.05, 0) is 31.1 Å². The average molecular weight is 290 g/mol. The normalized spacial score (nSPS) is 25.8. The molecule has 6 heteroatoms. The molecule has 0 spiro atoms. The summed E-state index contributed by atoms with van der Waals surface area (Å²) < 4.78 is 22.0. The van der Waals surface area contributed by atoms with Crippen molar-refractivity contribution < 1.29 is 13.2 Å². The van der Waals surface area contributed by atoms with Crippen LogP contribution in [-0.4, -0.2) is 38.9 Å². The Bertz CT molecular complexity index is 395. The molecular formula is C13H26N2O3S. The smallest absolute Gasteiger partial charge is 0.236 e. The van der Waals surface area contributed by atoms with E-state index in [1.54, 1.807) is 0 Å². The lowest BCUT2D eigenvalue weighted by molar-refractivity contribution is -0.122. The standard InChI is InChI=1S/C13H26N2O3S/c1-10-4-3-5-11(8-10)9-15-13(16)12(14)6-7-19(2,17)18/h10-12H,3-9,14H2,1-2H3,(H,15,16). The van der Waals surface area contributed by atoms with Crippen LogP contribution in [0.25, 0.3) is 0 Å².